The number of hydrogen-bond donors (Lipinski definition) is 1. The average Bonchev–Trinajstić information content (AvgIpc) is 3.56. The lowest BCUT2D eigenvalue weighted by molar-refractivity contribution is 0.0481. The third kappa shape index (κ3) is 5.05. The van der Waals surface area contributed by atoms with Crippen molar-refractivity contribution in [3.63, 3.8) is 0 Å². The van der Waals surface area contributed by atoms with E-state index in [1.54, 1.807) is 0 Å². The van der Waals surface area contributed by atoms with E-state index in [1.807, 2.05) is 6.92 Å². The molecule has 188 valence electrons. The Bertz CT molecular complexity index is 1210. The molecule has 2 aliphatic rings. The SMILES string of the molecule is CC[C@H](c1nnnn1C1CCCCC1)N(Cc1cc2c(C)ccc(C)c2[nH]c1=O)C[C@@H]1CCCO1. The van der Waals surface area contributed by atoms with Crippen LogP contribution in [0.5, 0.6) is 0 Å². The van der Waals surface area contributed by atoms with Gasteiger partial charge in [-0.15, -0.1) is 5.10 Å². The van der Waals surface area contributed by atoms with E-state index in [9.17, 15) is 4.79 Å². The van der Waals surface area contributed by atoms with Crippen LogP contribution in [0.2, 0.25) is 0 Å². The Labute approximate surface area is 207 Å². The zero-order chi connectivity index (χ0) is 24.4. The lowest BCUT2D eigenvalue weighted by Crippen LogP contribution is -2.38. The second-order valence-corrected chi connectivity index (χ2v) is 10.4. The van der Waals surface area contributed by atoms with Gasteiger partial charge < -0.3 is 9.72 Å². The zero-order valence-electron chi connectivity index (χ0n) is 21.3. The molecule has 2 fully saturated rings. The van der Waals surface area contributed by atoms with E-state index in [2.05, 4.69) is 62.1 Å². The number of hydrogen-bond acceptors (Lipinski definition) is 6. The van der Waals surface area contributed by atoms with Crippen LogP contribution in [0.25, 0.3) is 10.9 Å². The normalized spacial score (nSPS) is 20.2. The molecule has 1 aromatic carbocycles. The third-order valence-corrected chi connectivity index (χ3v) is 7.92. The van der Waals surface area contributed by atoms with Gasteiger partial charge in [-0.3, -0.25) is 9.69 Å². The number of aromatic amines is 1. The molecule has 2 aromatic heterocycles. The first-order chi connectivity index (χ1) is 17.0. The second kappa shape index (κ2) is 10.6. The zero-order valence-corrected chi connectivity index (χ0v) is 21.3. The van der Waals surface area contributed by atoms with Crippen molar-refractivity contribution in [3.05, 3.63) is 51.1 Å². The number of nitrogens with zero attached hydrogens (tertiary/aromatic N) is 5. The highest BCUT2D eigenvalue weighted by Crippen LogP contribution is 2.33. The molecule has 1 aliphatic carbocycles. The van der Waals surface area contributed by atoms with Crippen molar-refractivity contribution in [1.29, 1.82) is 0 Å². The number of ether oxygens (including phenoxy) is 1. The number of H-pyrrole nitrogens is 1. The molecule has 0 radical (unpaired) electrons. The molecule has 35 heavy (non-hydrogen) atoms. The summed E-state index contributed by atoms with van der Waals surface area (Å²) in [4.78, 5) is 18.8. The molecule has 3 heterocycles. The maximum absolute atomic E-state index is 13.2. The van der Waals surface area contributed by atoms with E-state index >= 15 is 0 Å². The van der Waals surface area contributed by atoms with Gasteiger partial charge in [0.1, 0.15) is 0 Å². The van der Waals surface area contributed by atoms with Gasteiger partial charge in [-0.25, -0.2) is 4.68 Å². The fraction of sp³-hybridized carbons (Fsp3) is 0.630. The molecule has 8 heteroatoms. The summed E-state index contributed by atoms with van der Waals surface area (Å²) in [7, 11) is 0. The lowest BCUT2D eigenvalue weighted by Gasteiger charge is -2.33. The highest BCUT2D eigenvalue weighted by Gasteiger charge is 2.31. The number of nitrogens with one attached hydrogen (secondary N) is 1. The monoisotopic (exact) mass is 478 g/mol. The van der Waals surface area contributed by atoms with Gasteiger partial charge in [-0.1, -0.05) is 38.3 Å². The summed E-state index contributed by atoms with van der Waals surface area (Å²) in [5.41, 5.74) is 3.94. The standard InChI is InChI=1S/C27H38N6O2/c1-4-24(26-29-30-31-33(26)21-9-6-5-7-10-21)32(17-22-11-8-14-35-22)16-20-15-23-18(2)12-13-19(3)25(23)28-27(20)34/h12-13,15,21-22,24H,4-11,14,16-17H2,1-3H3,(H,28,34)/t22-,24+/m0/s1. The first-order valence-electron chi connectivity index (χ1n) is 13.3. The summed E-state index contributed by atoms with van der Waals surface area (Å²) in [6.07, 6.45) is 9.18. The molecule has 1 N–H and O–H groups in total. The van der Waals surface area contributed by atoms with Crippen LogP contribution in [-0.2, 0) is 11.3 Å². The van der Waals surface area contributed by atoms with Crippen molar-refractivity contribution in [2.75, 3.05) is 13.2 Å². The van der Waals surface area contributed by atoms with Crippen LogP contribution < -0.4 is 5.56 Å². The number of tetrazole rings is 1. The Hall–Kier alpha value is -2.58. The molecule has 2 atom stereocenters. The predicted octanol–water partition coefficient (Wildman–Crippen LogP) is 4.77. The first kappa shape index (κ1) is 24.1. The molecule has 1 saturated heterocycles. The van der Waals surface area contributed by atoms with Crippen LogP contribution in [0.4, 0.5) is 0 Å². The molecule has 0 amide bonds. The molecule has 8 nitrogen and oxygen atoms in total. The van der Waals surface area contributed by atoms with E-state index in [1.165, 1.54) is 24.8 Å². The summed E-state index contributed by atoms with van der Waals surface area (Å²) < 4.78 is 8.11. The topological polar surface area (TPSA) is 88.9 Å². The Kier molecular flexibility index (Phi) is 7.29. The summed E-state index contributed by atoms with van der Waals surface area (Å²) >= 11 is 0. The number of benzene rings is 1. The molecule has 1 saturated carbocycles. The van der Waals surface area contributed by atoms with Gasteiger partial charge in [0.25, 0.3) is 5.56 Å². The van der Waals surface area contributed by atoms with Crippen LogP contribution in [0.15, 0.2) is 23.0 Å². The van der Waals surface area contributed by atoms with Gasteiger partial charge in [0.15, 0.2) is 5.82 Å². The van der Waals surface area contributed by atoms with Gasteiger partial charge in [0, 0.05) is 30.6 Å². The average molecular weight is 479 g/mol. The largest absolute Gasteiger partial charge is 0.377 e. The van der Waals surface area contributed by atoms with E-state index in [0.29, 0.717) is 12.6 Å². The molecular formula is C27H38N6O2. The first-order valence-corrected chi connectivity index (χ1v) is 13.3. The summed E-state index contributed by atoms with van der Waals surface area (Å²) in [5, 5.41) is 14.2. The predicted molar refractivity (Wildman–Crippen MR) is 136 cm³/mol. The van der Waals surface area contributed by atoms with Gasteiger partial charge in [0.05, 0.1) is 23.7 Å². The third-order valence-electron chi connectivity index (χ3n) is 7.92. The van der Waals surface area contributed by atoms with Crippen LogP contribution in [0.3, 0.4) is 0 Å². The van der Waals surface area contributed by atoms with E-state index in [0.717, 1.165) is 73.1 Å². The van der Waals surface area contributed by atoms with Gasteiger partial charge >= 0.3 is 0 Å². The second-order valence-electron chi connectivity index (χ2n) is 10.4. The number of pyridine rings is 1. The highest BCUT2D eigenvalue weighted by molar-refractivity contribution is 5.85. The van der Waals surface area contributed by atoms with Crippen LogP contribution in [0.1, 0.15) is 92.9 Å². The number of fused-ring (bicyclic) bond motifs is 1. The van der Waals surface area contributed by atoms with Crippen molar-refractivity contribution in [1.82, 2.24) is 30.1 Å². The minimum atomic E-state index is -0.0229. The minimum absolute atomic E-state index is 0.0184. The maximum Gasteiger partial charge on any atom is 0.252 e. The molecular weight excluding hydrogens is 440 g/mol. The van der Waals surface area contributed by atoms with Gasteiger partial charge in [0.2, 0.25) is 0 Å². The van der Waals surface area contributed by atoms with E-state index < -0.39 is 0 Å². The Morgan fingerprint density at radius 2 is 1.94 bits per heavy atom. The van der Waals surface area contributed by atoms with Crippen molar-refractivity contribution < 1.29 is 4.74 Å². The van der Waals surface area contributed by atoms with E-state index in [4.69, 9.17) is 4.74 Å². The summed E-state index contributed by atoms with van der Waals surface area (Å²) in [6.45, 7) is 8.44. The van der Waals surface area contributed by atoms with Gasteiger partial charge in [-0.2, -0.15) is 0 Å². The Morgan fingerprint density at radius 1 is 1.14 bits per heavy atom. The Morgan fingerprint density at radius 3 is 2.69 bits per heavy atom. The quantitative estimate of drug-likeness (QED) is 0.502. The van der Waals surface area contributed by atoms with Crippen LogP contribution in [-0.4, -0.2) is 49.3 Å². The van der Waals surface area contributed by atoms with Crippen molar-refractivity contribution in [3.8, 4) is 0 Å². The molecule has 0 bridgehead atoms. The van der Waals surface area contributed by atoms with E-state index in [-0.39, 0.29) is 17.7 Å². The fourth-order valence-electron chi connectivity index (χ4n) is 5.92. The highest BCUT2D eigenvalue weighted by atomic mass is 16.5. The van der Waals surface area contributed by atoms with Crippen molar-refractivity contribution >= 4 is 10.9 Å². The molecule has 0 spiro atoms. The molecule has 1 aliphatic heterocycles. The number of aromatic nitrogens is 5. The fourth-order valence-corrected chi connectivity index (χ4v) is 5.92. The van der Waals surface area contributed by atoms with Crippen molar-refractivity contribution in [2.24, 2.45) is 0 Å². The van der Waals surface area contributed by atoms with Crippen LogP contribution in [0, 0.1) is 13.8 Å². The number of aryl methyl sites for hydroxylation is 2. The Balaban J connectivity index is 1.50. The maximum atomic E-state index is 13.2. The smallest absolute Gasteiger partial charge is 0.252 e. The van der Waals surface area contributed by atoms with Gasteiger partial charge in [-0.05, 0) is 73.6 Å². The summed E-state index contributed by atoms with van der Waals surface area (Å²) in [5.74, 6) is 0.918. The molecule has 5 rings (SSSR count). The molecule has 0 unspecified atom stereocenters. The lowest BCUT2D eigenvalue weighted by atomic mass is 9.95. The number of rotatable bonds is 8. The summed E-state index contributed by atoms with van der Waals surface area (Å²) in [6, 6.07) is 6.65. The molecule has 3 aromatic rings. The minimum Gasteiger partial charge on any atom is -0.377 e. The van der Waals surface area contributed by atoms with Crippen molar-refractivity contribution in [2.45, 2.75) is 96.9 Å². The van der Waals surface area contributed by atoms with Crippen LogP contribution >= 0.6 is 0 Å².